The molecule has 1 aromatic heterocycles. The number of benzene rings is 1. The second kappa shape index (κ2) is 8.85. The lowest BCUT2D eigenvalue weighted by molar-refractivity contribution is -0.117. The molecule has 2 fully saturated rings. The molecule has 1 unspecified atom stereocenters. The van der Waals surface area contributed by atoms with Crippen LogP contribution in [-0.2, 0) is 9.53 Å². The Balaban J connectivity index is 0.00000113. The van der Waals surface area contributed by atoms with Gasteiger partial charge in [0.05, 0.1) is 24.2 Å². The molecule has 1 aliphatic carbocycles. The smallest absolute Gasteiger partial charge is 0.226 e. The molecule has 2 heterocycles. The van der Waals surface area contributed by atoms with E-state index in [2.05, 4.69) is 20.6 Å². The molecule has 1 aliphatic heterocycles. The Bertz CT molecular complexity index is 712. The molecule has 138 valence electrons. The second-order valence-corrected chi connectivity index (χ2v) is 6.46. The van der Waals surface area contributed by atoms with E-state index >= 15 is 0 Å². The first-order valence-corrected chi connectivity index (χ1v) is 8.38. The summed E-state index contributed by atoms with van der Waals surface area (Å²) >= 11 is 0. The SMILES string of the molecule is Cl.Cl.O=C(CC1COCCN1)Nc1ccc2nc(C3CCC3)[nH]c2c1. The highest BCUT2D eigenvalue weighted by Gasteiger charge is 2.22. The number of hydrogen-bond donors (Lipinski definition) is 3. The Hall–Kier alpha value is -1.34. The van der Waals surface area contributed by atoms with Crippen molar-refractivity contribution in [1.29, 1.82) is 0 Å². The summed E-state index contributed by atoms with van der Waals surface area (Å²) in [6, 6.07) is 5.94. The molecule has 25 heavy (non-hydrogen) atoms. The van der Waals surface area contributed by atoms with Crippen LogP contribution in [0.5, 0.6) is 0 Å². The number of carbonyl (C=O) groups is 1. The van der Waals surface area contributed by atoms with E-state index in [1.54, 1.807) is 0 Å². The number of ether oxygens (including phenoxy) is 1. The summed E-state index contributed by atoms with van der Waals surface area (Å²) in [6.07, 6.45) is 4.16. The lowest BCUT2D eigenvalue weighted by Crippen LogP contribution is -2.43. The van der Waals surface area contributed by atoms with Crippen molar-refractivity contribution in [3.8, 4) is 0 Å². The minimum atomic E-state index is 0. The van der Waals surface area contributed by atoms with Crippen molar-refractivity contribution in [2.75, 3.05) is 25.1 Å². The summed E-state index contributed by atoms with van der Waals surface area (Å²) < 4.78 is 5.38. The van der Waals surface area contributed by atoms with E-state index in [1.165, 1.54) is 19.3 Å². The Morgan fingerprint density at radius 3 is 2.84 bits per heavy atom. The van der Waals surface area contributed by atoms with Gasteiger partial charge in [-0.2, -0.15) is 0 Å². The highest BCUT2D eigenvalue weighted by atomic mass is 35.5. The first-order valence-electron chi connectivity index (χ1n) is 8.38. The van der Waals surface area contributed by atoms with Crippen molar-refractivity contribution < 1.29 is 9.53 Å². The van der Waals surface area contributed by atoms with Gasteiger partial charge >= 0.3 is 0 Å². The van der Waals surface area contributed by atoms with Gasteiger partial charge in [0.25, 0.3) is 0 Å². The number of aromatic amines is 1. The van der Waals surface area contributed by atoms with Crippen LogP contribution in [0.2, 0.25) is 0 Å². The van der Waals surface area contributed by atoms with Gasteiger partial charge in [0.1, 0.15) is 5.82 Å². The van der Waals surface area contributed by atoms with Crippen LogP contribution in [-0.4, -0.2) is 41.7 Å². The van der Waals surface area contributed by atoms with E-state index in [0.29, 0.717) is 18.9 Å². The number of halogens is 2. The molecule has 0 bridgehead atoms. The number of hydrogen-bond acceptors (Lipinski definition) is 4. The topological polar surface area (TPSA) is 79.0 Å². The highest BCUT2D eigenvalue weighted by molar-refractivity contribution is 5.93. The third kappa shape index (κ3) is 4.64. The molecular weight excluding hydrogens is 363 g/mol. The summed E-state index contributed by atoms with van der Waals surface area (Å²) in [6.45, 7) is 2.12. The van der Waals surface area contributed by atoms with Crippen LogP contribution in [0.3, 0.4) is 0 Å². The van der Waals surface area contributed by atoms with E-state index in [1.807, 2.05) is 18.2 Å². The summed E-state index contributed by atoms with van der Waals surface area (Å²) in [5, 5.41) is 6.26. The molecule has 3 N–H and O–H groups in total. The molecule has 4 rings (SSSR count). The minimum absolute atomic E-state index is 0. The van der Waals surface area contributed by atoms with Gasteiger partial charge in [0, 0.05) is 30.6 Å². The summed E-state index contributed by atoms with van der Waals surface area (Å²) in [5.41, 5.74) is 2.76. The van der Waals surface area contributed by atoms with Gasteiger partial charge in [-0.05, 0) is 31.0 Å². The van der Waals surface area contributed by atoms with E-state index < -0.39 is 0 Å². The Labute approximate surface area is 159 Å². The van der Waals surface area contributed by atoms with Gasteiger partial charge in [-0.25, -0.2) is 4.98 Å². The number of amides is 1. The fourth-order valence-electron chi connectivity index (χ4n) is 3.17. The van der Waals surface area contributed by atoms with Gasteiger partial charge in [-0.1, -0.05) is 6.42 Å². The van der Waals surface area contributed by atoms with Crippen molar-refractivity contribution in [2.45, 2.75) is 37.6 Å². The third-order valence-corrected chi connectivity index (χ3v) is 4.71. The van der Waals surface area contributed by atoms with Crippen LogP contribution in [0.15, 0.2) is 18.2 Å². The van der Waals surface area contributed by atoms with Gasteiger partial charge < -0.3 is 20.4 Å². The normalized spacial score (nSPS) is 20.2. The molecule has 0 radical (unpaired) electrons. The van der Waals surface area contributed by atoms with Crippen LogP contribution in [0.4, 0.5) is 5.69 Å². The van der Waals surface area contributed by atoms with Crippen LogP contribution in [0.25, 0.3) is 11.0 Å². The lowest BCUT2D eigenvalue weighted by atomic mass is 9.85. The molecular formula is C17H24Cl2N4O2. The zero-order valence-corrected chi connectivity index (χ0v) is 15.5. The first-order chi connectivity index (χ1) is 11.3. The number of morpholine rings is 1. The highest BCUT2D eigenvalue weighted by Crippen LogP contribution is 2.35. The van der Waals surface area contributed by atoms with Gasteiger partial charge in [0.2, 0.25) is 5.91 Å². The van der Waals surface area contributed by atoms with E-state index in [-0.39, 0.29) is 36.8 Å². The molecule has 1 saturated carbocycles. The van der Waals surface area contributed by atoms with Crippen molar-refractivity contribution >= 4 is 47.4 Å². The van der Waals surface area contributed by atoms with E-state index in [0.717, 1.165) is 35.7 Å². The lowest BCUT2D eigenvalue weighted by Gasteiger charge is -2.23. The number of imidazole rings is 1. The average molecular weight is 387 g/mol. The van der Waals surface area contributed by atoms with Gasteiger partial charge in [-0.3, -0.25) is 4.79 Å². The fourth-order valence-corrected chi connectivity index (χ4v) is 3.17. The summed E-state index contributed by atoms with van der Waals surface area (Å²) in [7, 11) is 0. The van der Waals surface area contributed by atoms with Crippen molar-refractivity contribution in [3.63, 3.8) is 0 Å². The Morgan fingerprint density at radius 1 is 1.32 bits per heavy atom. The standard InChI is InChI=1S/C17H22N4O2.2ClH/c22-16(9-13-10-23-7-6-18-13)19-12-4-5-14-15(8-12)21-17(20-14)11-2-1-3-11;;/h4-5,8,11,13,18H,1-3,6-7,9-10H2,(H,19,22)(H,20,21);2*1H. The minimum Gasteiger partial charge on any atom is -0.378 e. The molecule has 2 aliphatic rings. The van der Waals surface area contributed by atoms with Crippen LogP contribution in [0.1, 0.15) is 37.4 Å². The number of anilines is 1. The number of fused-ring (bicyclic) bond motifs is 1. The molecule has 0 spiro atoms. The molecule has 8 heteroatoms. The number of rotatable bonds is 4. The molecule has 1 atom stereocenters. The molecule has 1 amide bonds. The number of nitrogens with one attached hydrogen (secondary N) is 3. The zero-order valence-electron chi connectivity index (χ0n) is 13.9. The molecule has 2 aromatic rings. The Kier molecular flexibility index (Phi) is 7.07. The number of aromatic nitrogens is 2. The predicted molar refractivity (Wildman–Crippen MR) is 103 cm³/mol. The van der Waals surface area contributed by atoms with Crippen molar-refractivity contribution in [3.05, 3.63) is 24.0 Å². The number of H-pyrrole nitrogens is 1. The average Bonchev–Trinajstić information content (AvgIpc) is 2.88. The van der Waals surface area contributed by atoms with E-state index in [9.17, 15) is 4.79 Å². The molecule has 1 aromatic carbocycles. The first kappa shape index (κ1) is 20.0. The maximum atomic E-state index is 12.2. The van der Waals surface area contributed by atoms with Gasteiger partial charge in [0.15, 0.2) is 0 Å². The van der Waals surface area contributed by atoms with Crippen LogP contribution in [0, 0.1) is 0 Å². The predicted octanol–water partition coefficient (Wildman–Crippen LogP) is 2.99. The molecule has 6 nitrogen and oxygen atoms in total. The monoisotopic (exact) mass is 386 g/mol. The summed E-state index contributed by atoms with van der Waals surface area (Å²) in [4.78, 5) is 20.2. The number of nitrogens with zero attached hydrogens (tertiary/aromatic N) is 1. The van der Waals surface area contributed by atoms with Crippen LogP contribution < -0.4 is 10.6 Å². The second-order valence-electron chi connectivity index (χ2n) is 6.46. The number of carbonyl (C=O) groups excluding carboxylic acids is 1. The van der Waals surface area contributed by atoms with Crippen LogP contribution >= 0.6 is 24.8 Å². The third-order valence-electron chi connectivity index (χ3n) is 4.71. The van der Waals surface area contributed by atoms with E-state index in [4.69, 9.17) is 4.74 Å². The van der Waals surface area contributed by atoms with Gasteiger partial charge in [-0.15, -0.1) is 24.8 Å². The maximum Gasteiger partial charge on any atom is 0.226 e. The Morgan fingerprint density at radius 2 is 2.16 bits per heavy atom. The van der Waals surface area contributed by atoms with Crippen molar-refractivity contribution in [1.82, 2.24) is 15.3 Å². The largest absolute Gasteiger partial charge is 0.378 e. The quantitative estimate of drug-likeness (QED) is 0.754. The fraction of sp³-hybridized carbons (Fsp3) is 0.529. The summed E-state index contributed by atoms with van der Waals surface area (Å²) in [5.74, 6) is 1.67. The maximum absolute atomic E-state index is 12.2. The molecule has 1 saturated heterocycles. The zero-order chi connectivity index (χ0) is 15.6. The van der Waals surface area contributed by atoms with Crippen molar-refractivity contribution in [2.24, 2.45) is 0 Å².